The first-order chi connectivity index (χ1) is 11.1. The number of thiophene rings is 1. The molecule has 0 atom stereocenters. The molecule has 1 aromatic heterocycles. The van der Waals surface area contributed by atoms with Gasteiger partial charge < -0.3 is 5.11 Å². The lowest BCUT2D eigenvalue weighted by Gasteiger charge is -2.15. The highest BCUT2D eigenvalue weighted by molar-refractivity contribution is 8.26. The van der Waals surface area contributed by atoms with E-state index in [1.807, 2.05) is 17.5 Å². The molecule has 0 radical (unpaired) electrons. The fourth-order valence-corrected chi connectivity index (χ4v) is 3.80. The van der Waals surface area contributed by atoms with Crippen LogP contribution in [0.4, 0.5) is 0 Å². The normalized spacial score (nSPS) is 16.2. The lowest BCUT2D eigenvalue weighted by Crippen LogP contribution is -2.44. The van der Waals surface area contributed by atoms with E-state index in [1.165, 1.54) is 23.5 Å². The van der Waals surface area contributed by atoms with Crippen molar-refractivity contribution in [3.8, 4) is 5.75 Å². The molecular weight excluding hydrogens is 352 g/mol. The summed E-state index contributed by atoms with van der Waals surface area (Å²) in [7, 11) is 0. The summed E-state index contributed by atoms with van der Waals surface area (Å²) in [5, 5.41) is 12.6. The standard InChI is InChI=1S/C15H10N2O3S3/c18-11-6-2-1-5-10(11)13(19)16-17-14(20)12(23-15(17)21)8-9-4-3-7-22-9/h1-8,18H,(H,16,19). The van der Waals surface area contributed by atoms with Crippen molar-refractivity contribution in [3.63, 3.8) is 0 Å². The van der Waals surface area contributed by atoms with Crippen LogP contribution in [0.15, 0.2) is 46.7 Å². The molecule has 0 bridgehead atoms. The lowest BCUT2D eigenvalue weighted by atomic mass is 10.2. The summed E-state index contributed by atoms with van der Waals surface area (Å²) >= 11 is 7.77. The molecule has 8 heteroatoms. The average molecular weight is 362 g/mol. The number of aromatic hydroxyl groups is 1. The molecule has 2 amide bonds. The van der Waals surface area contributed by atoms with Crippen molar-refractivity contribution in [2.75, 3.05) is 0 Å². The van der Waals surface area contributed by atoms with E-state index >= 15 is 0 Å². The third kappa shape index (κ3) is 3.29. The van der Waals surface area contributed by atoms with E-state index < -0.39 is 11.8 Å². The zero-order valence-corrected chi connectivity index (χ0v) is 14.0. The van der Waals surface area contributed by atoms with Crippen molar-refractivity contribution in [1.29, 1.82) is 0 Å². The fourth-order valence-electron chi connectivity index (χ4n) is 1.89. The second-order valence-corrected chi connectivity index (χ2v) is 7.15. The van der Waals surface area contributed by atoms with Gasteiger partial charge in [0, 0.05) is 4.88 Å². The van der Waals surface area contributed by atoms with E-state index in [2.05, 4.69) is 5.43 Å². The summed E-state index contributed by atoms with van der Waals surface area (Å²) in [6, 6.07) is 9.86. The van der Waals surface area contributed by atoms with Crippen LogP contribution in [-0.4, -0.2) is 26.3 Å². The third-order valence-electron chi connectivity index (χ3n) is 2.97. The predicted molar refractivity (Wildman–Crippen MR) is 94.9 cm³/mol. The van der Waals surface area contributed by atoms with Crippen molar-refractivity contribution in [3.05, 3.63) is 57.1 Å². The monoisotopic (exact) mass is 362 g/mol. The summed E-state index contributed by atoms with van der Waals surface area (Å²) in [6.45, 7) is 0. The Hall–Kier alpha value is -2.16. The van der Waals surface area contributed by atoms with Gasteiger partial charge in [0.1, 0.15) is 5.75 Å². The van der Waals surface area contributed by atoms with Gasteiger partial charge in [-0.15, -0.1) is 11.3 Å². The third-order valence-corrected chi connectivity index (χ3v) is 5.09. The maximum atomic E-state index is 12.4. The molecule has 1 saturated heterocycles. The molecule has 116 valence electrons. The van der Waals surface area contributed by atoms with Crippen LogP contribution < -0.4 is 5.43 Å². The van der Waals surface area contributed by atoms with Crippen molar-refractivity contribution in [1.82, 2.24) is 10.4 Å². The van der Waals surface area contributed by atoms with E-state index in [0.29, 0.717) is 4.91 Å². The number of thioether (sulfide) groups is 1. The first-order valence-electron chi connectivity index (χ1n) is 6.46. The predicted octanol–water partition coefficient (Wildman–Crippen LogP) is 3.00. The second-order valence-electron chi connectivity index (χ2n) is 4.49. The van der Waals surface area contributed by atoms with E-state index in [-0.39, 0.29) is 15.6 Å². The van der Waals surface area contributed by atoms with Gasteiger partial charge in [-0.05, 0) is 41.9 Å². The number of benzene rings is 1. The zero-order chi connectivity index (χ0) is 16.4. The molecule has 1 fully saturated rings. The molecule has 1 aliphatic heterocycles. The minimum absolute atomic E-state index is 0.0730. The molecule has 0 spiro atoms. The number of carbonyl (C=O) groups excluding carboxylic acids is 2. The van der Waals surface area contributed by atoms with E-state index in [1.54, 1.807) is 18.2 Å². The van der Waals surface area contributed by atoms with Crippen molar-refractivity contribution < 1.29 is 14.7 Å². The highest BCUT2D eigenvalue weighted by Gasteiger charge is 2.34. The van der Waals surface area contributed by atoms with E-state index in [4.69, 9.17) is 12.2 Å². The van der Waals surface area contributed by atoms with Crippen LogP contribution in [0, 0.1) is 0 Å². The Labute approximate surface area is 145 Å². The molecule has 1 aromatic carbocycles. The number of rotatable bonds is 3. The van der Waals surface area contributed by atoms with Gasteiger partial charge in [0.05, 0.1) is 10.5 Å². The Balaban J connectivity index is 1.79. The second kappa shape index (κ2) is 6.53. The molecule has 2 heterocycles. The minimum atomic E-state index is -0.600. The highest BCUT2D eigenvalue weighted by atomic mass is 32.2. The van der Waals surface area contributed by atoms with Crippen molar-refractivity contribution in [2.24, 2.45) is 0 Å². The summed E-state index contributed by atoms with van der Waals surface area (Å²) in [6.07, 6.45) is 1.73. The number of para-hydroxylation sites is 1. The molecule has 5 nitrogen and oxygen atoms in total. The Morgan fingerprint density at radius 3 is 2.74 bits per heavy atom. The Morgan fingerprint density at radius 2 is 2.04 bits per heavy atom. The quantitative estimate of drug-likeness (QED) is 0.649. The van der Waals surface area contributed by atoms with Gasteiger partial charge in [-0.2, -0.15) is 5.01 Å². The molecule has 0 saturated carbocycles. The molecule has 1 aliphatic rings. The number of nitrogens with zero attached hydrogens (tertiary/aromatic N) is 1. The van der Waals surface area contributed by atoms with Crippen LogP contribution in [0.1, 0.15) is 15.2 Å². The van der Waals surface area contributed by atoms with Crippen LogP contribution in [0.25, 0.3) is 6.08 Å². The number of hydrogen-bond acceptors (Lipinski definition) is 6. The van der Waals surface area contributed by atoms with E-state index in [9.17, 15) is 14.7 Å². The van der Waals surface area contributed by atoms with E-state index in [0.717, 1.165) is 21.6 Å². The number of hydrazine groups is 1. The largest absolute Gasteiger partial charge is 0.507 e. The van der Waals surface area contributed by atoms with Crippen LogP contribution >= 0.6 is 35.3 Å². The van der Waals surface area contributed by atoms with Gasteiger partial charge in [0.15, 0.2) is 4.32 Å². The summed E-state index contributed by atoms with van der Waals surface area (Å²) in [5.74, 6) is -1.15. The van der Waals surface area contributed by atoms with Crippen molar-refractivity contribution >= 4 is 57.5 Å². The summed E-state index contributed by atoms with van der Waals surface area (Å²) < 4.78 is 0.238. The number of carbonyl (C=O) groups is 2. The number of phenols is 1. The molecule has 3 rings (SSSR count). The highest BCUT2D eigenvalue weighted by Crippen LogP contribution is 2.32. The lowest BCUT2D eigenvalue weighted by molar-refractivity contribution is -0.123. The molecule has 23 heavy (non-hydrogen) atoms. The van der Waals surface area contributed by atoms with Gasteiger partial charge in [0.25, 0.3) is 11.8 Å². The Kier molecular flexibility index (Phi) is 4.46. The van der Waals surface area contributed by atoms with Gasteiger partial charge in [-0.3, -0.25) is 15.0 Å². The molecule has 0 unspecified atom stereocenters. The molecule has 2 aromatic rings. The smallest absolute Gasteiger partial charge is 0.285 e. The van der Waals surface area contributed by atoms with Crippen LogP contribution in [0.3, 0.4) is 0 Å². The number of thiocarbonyl (C=S) groups is 1. The van der Waals surface area contributed by atoms with Gasteiger partial charge in [-0.25, -0.2) is 0 Å². The molecule has 2 N–H and O–H groups in total. The maximum Gasteiger partial charge on any atom is 0.285 e. The summed E-state index contributed by atoms with van der Waals surface area (Å²) in [5.41, 5.74) is 2.50. The van der Waals surface area contributed by atoms with Crippen LogP contribution in [-0.2, 0) is 4.79 Å². The molecule has 0 aliphatic carbocycles. The summed E-state index contributed by atoms with van der Waals surface area (Å²) in [4.78, 5) is 25.9. The van der Waals surface area contributed by atoms with Crippen LogP contribution in [0.2, 0.25) is 0 Å². The van der Waals surface area contributed by atoms with Gasteiger partial charge in [-0.1, -0.05) is 30.0 Å². The Bertz CT molecular complexity index is 815. The first-order valence-corrected chi connectivity index (χ1v) is 8.57. The van der Waals surface area contributed by atoms with Gasteiger partial charge in [0.2, 0.25) is 0 Å². The SMILES string of the molecule is O=C(NN1C(=O)C(=Cc2cccs2)SC1=S)c1ccccc1O. The molecular formula is C15H10N2O3S3. The fraction of sp³-hybridized carbons (Fsp3) is 0. The number of amides is 2. The average Bonchev–Trinajstić information content (AvgIpc) is 3.12. The van der Waals surface area contributed by atoms with Crippen LogP contribution in [0.5, 0.6) is 5.75 Å². The number of hydrogen-bond donors (Lipinski definition) is 2. The number of phenolic OH excluding ortho intramolecular Hbond substituents is 1. The minimum Gasteiger partial charge on any atom is -0.507 e. The topological polar surface area (TPSA) is 69.6 Å². The zero-order valence-electron chi connectivity index (χ0n) is 11.6. The van der Waals surface area contributed by atoms with Gasteiger partial charge >= 0.3 is 0 Å². The Morgan fingerprint density at radius 1 is 1.26 bits per heavy atom. The van der Waals surface area contributed by atoms with Crippen molar-refractivity contribution in [2.45, 2.75) is 0 Å². The maximum absolute atomic E-state index is 12.4. The first kappa shape index (κ1) is 15.7. The number of nitrogens with one attached hydrogen (secondary N) is 1.